The van der Waals surface area contributed by atoms with E-state index in [1.807, 2.05) is 0 Å². The van der Waals surface area contributed by atoms with E-state index in [2.05, 4.69) is 10.5 Å². The molecule has 1 amide bonds. The molecule has 0 aliphatic heterocycles. The molecule has 0 bridgehead atoms. The Labute approximate surface area is 211 Å². The van der Waals surface area contributed by atoms with Gasteiger partial charge in [-0.1, -0.05) is 88.9 Å². The average molecular weight is 545 g/mol. The van der Waals surface area contributed by atoms with Gasteiger partial charge in [0.05, 0.1) is 27.8 Å². The van der Waals surface area contributed by atoms with Gasteiger partial charge in [-0.25, -0.2) is 13.8 Å². The van der Waals surface area contributed by atoms with E-state index in [0.717, 1.165) is 4.31 Å². The number of hydrogen-bond acceptors (Lipinski definition) is 4. The van der Waals surface area contributed by atoms with Crippen molar-refractivity contribution in [3.63, 3.8) is 0 Å². The number of sulfonamides is 1. The molecule has 6 nitrogen and oxygen atoms in total. The Morgan fingerprint density at radius 1 is 0.939 bits per heavy atom. The van der Waals surface area contributed by atoms with Crippen LogP contribution >= 0.6 is 46.4 Å². The second-order valence-corrected chi connectivity index (χ2v) is 10.3. The summed E-state index contributed by atoms with van der Waals surface area (Å²) in [5.74, 6) is -0.665. The van der Waals surface area contributed by atoms with Crippen LogP contribution < -0.4 is 5.43 Å². The van der Waals surface area contributed by atoms with Gasteiger partial charge in [0.1, 0.15) is 4.90 Å². The van der Waals surface area contributed by atoms with Crippen LogP contribution in [0, 0.1) is 0 Å². The Kier molecular flexibility index (Phi) is 8.75. The third-order valence-corrected chi connectivity index (χ3v) is 7.75. The summed E-state index contributed by atoms with van der Waals surface area (Å²) in [6, 6.07) is 17.9. The Morgan fingerprint density at radius 2 is 1.67 bits per heavy atom. The highest BCUT2D eigenvalue weighted by Gasteiger charge is 2.29. The second-order valence-electron chi connectivity index (χ2n) is 6.77. The molecule has 0 saturated heterocycles. The van der Waals surface area contributed by atoms with E-state index >= 15 is 0 Å². The van der Waals surface area contributed by atoms with Crippen molar-refractivity contribution in [1.29, 1.82) is 0 Å². The Hall–Kier alpha value is -2.13. The first-order valence-electron chi connectivity index (χ1n) is 9.43. The van der Waals surface area contributed by atoms with E-state index in [-0.39, 0.29) is 26.5 Å². The number of carbonyl (C=O) groups excluding carboxylic acids is 1. The fourth-order valence-electron chi connectivity index (χ4n) is 2.82. The van der Waals surface area contributed by atoms with Crippen LogP contribution in [0.2, 0.25) is 20.1 Å². The van der Waals surface area contributed by atoms with Crippen LogP contribution in [0.5, 0.6) is 0 Å². The first-order chi connectivity index (χ1) is 15.7. The first kappa shape index (κ1) is 25.5. The summed E-state index contributed by atoms with van der Waals surface area (Å²) < 4.78 is 27.7. The standard InChI is InChI=1S/C22H17Cl4N3O3S/c23-17-9-10-18(24)20(11-17)33(31,32)29(13-15-5-2-1-3-6-15)14-21(30)28-27-12-16-7-4-8-19(25)22(16)26/h1-12H,13-14H2,(H,28,30)/b27-12-. The smallest absolute Gasteiger partial charge is 0.255 e. The third-order valence-electron chi connectivity index (χ3n) is 4.41. The SMILES string of the molecule is O=C(CN(Cc1ccccc1)S(=O)(=O)c1cc(Cl)ccc1Cl)N/N=C\c1cccc(Cl)c1Cl. The molecule has 172 valence electrons. The molecule has 0 saturated carbocycles. The predicted octanol–water partition coefficient (Wildman–Crippen LogP) is 5.64. The highest BCUT2D eigenvalue weighted by Crippen LogP contribution is 2.28. The molecule has 0 heterocycles. The summed E-state index contributed by atoms with van der Waals surface area (Å²) >= 11 is 24.2. The minimum atomic E-state index is -4.17. The molecule has 0 fully saturated rings. The van der Waals surface area contributed by atoms with Crippen LogP contribution in [0.1, 0.15) is 11.1 Å². The molecule has 0 atom stereocenters. The molecule has 1 N–H and O–H groups in total. The Balaban J connectivity index is 1.83. The van der Waals surface area contributed by atoms with Crippen molar-refractivity contribution < 1.29 is 13.2 Å². The van der Waals surface area contributed by atoms with Crippen molar-refractivity contribution in [3.05, 3.63) is 97.9 Å². The number of amides is 1. The first-order valence-corrected chi connectivity index (χ1v) is 12.4. The predicted molar refractivity (Wildman–Crippen MR) is 133 cm³/mol. The molecule has 3 aromatic rings. The zero-order chi connectivity index (χ0) is 24.0. The number of benzene rings is 3. The molecule has 0 unspecified atom stereocenters. The lowest BCUT2D eigenvalue weighted by atomic mass is 10.2. The minimum Gasteiger partial charge on any atom is -0.272 e. The van der Waals surface area contributed by atoms with Crippen molar-refractivity contribution >= 4 is 68.5 Å². The van der Waals surface area contributed by atoms with E-state index in [1.165, 1.54) is 24.4 Å². The van der Waals surface area contributed by atoms with Gasteiger partial charge < -0.3 is 0 Å². The van der Waals surface area contributed by atoms with E-state index in [9.17, 15) is 13.2 Å². The van der Waals surface area contributed by atoms with Crippen molar-refractivity contribution in [2.45, 2.75) is 11.4 Å². The maximum Gasteiger partial charge on any atom is 0.255 e. The Morgan fingerprint density at radius 3 is 2.39 bits per heavy atom. The molecule has 0 radical (unpaired) electrons. The molecular weight excluding hydrogens is 528 g/mol. The fourth-order valence-corrected chi connectivity index (χ4v) is 5.29. The number of nitrogens with one attached hydrogen (secondary N) is 1. The zero-order valence-electron chi connectivity index (χ0n) is 16.9. The van der Waals surface area contributed by atoms with Gasteiger partial charge in [0, 0.05) is 17.1 Å². The molecule has 33 heavy (non-hydrogen) atoms. The quantitative estimate of drug-likeness (QED) is 0.294. The highest BCUT2D eigenvalue weighted by molar-refractivity contribution is 7.89. The van der Waals surface area contributed by atoms with Crippen molar-refractivity contribution in [1.82, 2.24) is 9.73 Å². The van der Waals surface area contributed by atoms with E-state index in [1.54, 1.807) is 48.5 Å². The zero-order valence-corrected chi connectivity index (χ0v) is 20.7. The lowest BCUT2D eigenvalue weighted by Gasteiger charge is -2.22. The summed E-state index contributed by atoms with van der Waals surface area (Å²) in [7, 11) is -4.17. The largest absolute Gasteiger partial charge is 0.272 e. The fraction of sp³-hybridized carbons (Fsp3) is 0.0909. The lowest BCUT2D eigenvalue weighted by Crippen LogP contribution is -2.39. The molecule has 3 aromatic carbocycles. The van der Waals surface area contributed by atoms with Crippen molar-refractivity contribution in [2.75, 3.05) is 6.54 Å². The average Bonchev–Trinajstić information content (AvgIpc) is 2.78. The molecule has 0 aliphatic carbocycles. The van der Waals surface area contributed by atoms with Crippen molar-refractivity contribution in [3.8, 4) is 0 Å². The molecule has 0 aliphatic rings. The molecule has 0 aromatic heterocycles. The van der Waals surface area contributed by atoms with Crippen LogP contribution in [0.4, 0.5) is 0 Å². The number of hydrogen-bond donors (Lipinski definition) is 1. The number of halogens is 4. The van der Waals surface area contributed by atoms with Gasteiger partial charge in [-0.2, -0.15) is 9.41 Å². The second kappa shape index (κ2) is 11.3. The lowest BCUT2D eigenvalue weighted by molar-refractivity contribution is -0.121. The molecular formula is C22H17Cl4N3O3S. The highest BCUT2D eigenvalue weighted by atomic mass is 35.5. The summed E-state index contributed by atoms with van der Waals surface area (Å²) in [4.78, 5) is 12.4. The molecule has 11 heteroatoms. The van der Waals surface area contributed by atoms with Crippen LogP contribution in [0.3, 0.4) is 0 Å². The topological polar surface area (TPSA) is 78.8 Å². The van der Waals surface area contributed by atoms with Gasteiger partial charge in [-0.3, -0.25) is 4.79 Å². The van der Waals surface area contributed by atoms with Gasteiger partial charge in [0.25, 0.3) is 5.91 Å². The van der Waals surface area contributed by atoms with Gasteiger partial charge in [0.15, 0.2) is 0 Å². The normalized spacial score (nSPS) is 11.8. The van der Waals surface area contributed by atoms with Gasteiger partial charge in [-0.05, 0) is 29.8 Å². The van der Waals surface area contributed by atoms with Gasteiger partial charge in [-0.15, -0.1) is 0 Å². The molecule has 0 spiro atoms. The van der Waals surface area contributed by atoms with Crippen LogP contribution in [0.15, 0.2) is 76.7 Å². The van der Waals surface area contributed by atoms with Crippen LogP contribution in [0.25, 0.3) is 0 Å². The maximum absolute atomic E-state index is 13.4. The van der Waals surface area contributed by atoms with Gasteiger partial charge >= 0.3 is 0 Å². The van der Waals surface area contributed by atoms with E-state index < -0.39 is 22.5 Å². The summed E-state index contributed by atoms with van der Waals surface area (Å²) in [6.07, 6.45) is 1.32. The van der Waals surface area contributed by atoms with Crippen LogP contribution in [-0.2, 0) is 21.4 Å². The third kappa shape index (κ3) is 6.69. The summed E-state index contributed by atoms with van der Waals surface area (Å²) in [6.45, 7) is -0.579. The summed E-state index contributed by atoms with van der Waals surface area (Å²) in [5, 5.41) is 4.66. The number of nitrogens with zero attached hydrogens (tertiary/aromatic N) is 2. The summed E-state index contributed by atoms with van der Waals surface area (Å²) in [5.41, 5.74) is 3.48. The van der Waals surface area contributed by atoms with Gasteiger partial charge in [0.2, 0.25) is 10.0 Å². The number of hydrazone groups is 1. The monoisotopic (exact) mass is 543 g/mol. The number of carbonyl (C=O) groups is 1. The van der Waals surface area contributed by atoms with Crippen molar-refractivity contribution in [2.24, 2.45) is 5.10 Å². The number of rotatable bonds is 8. The van der Waals surface area contributed by atoms with Crippen LogP contribution in [-0.4, -0.2) is 31.4 Å². The molecule has 3 rings (SSSR count). The minimum absolute atomic E-state index is 0.00788. The Bertz CT molecular complexity index is 1290. The van der Waals surface area contributed by atoms with E-state index in [0.29, 0.717) is 16.1 Å². The van der Waals surface area contributed by atoms with E-state index in [4.69, 9.17) is 46.4 Å². The maximum atomic E-state index is 13.4.